The fraction of sp³-hybridized carbons (Fsp3) is 0.357. The Morgan fingerprint density at radius 2 is 1.92 bits per heavy atom. The molecular weight excluding hydrogens is 486 g/mol. The summed E-state index contributed by atoms with van der Waals surface area (Å²) in [7, 11) is 1.60. The summed E-state index contributed by atoms with van der Waals surface area (Å²) in [6.07, 6.45) is 4.88. The lowest BCUT2D eigenvalue weighted by Gasteiger charge is -2.27. The number of aliphatic hydroxyl groups excluding tert-OH is 2. The molecule has 10 heteroatoms. The fourth-order valence-electron chi connectivity index (χ4n) is 4.66. The maximum atomic E-state index is 13.1. The summed E-state index contributed by atoms with van der Waals surface area (Å²) in [5.41, 5.74) is 1.16. The molecule has 0 radical (unpaired) electrons. The first-order valence-corrected chi connectivity index (χ1v) is 12.5. The monoisotopic (exact) mass is 519 g/mol. The molecule has 0 spiro atoms. The number of rotatable bonds is 10. The molecule has 1 unspecified atom stereocenters. The molecule has 2 aromatic carbocycles. The van der Waals surface area contributed by atoms with Crippen molar-refractivity contribution in [3.8, 4) is 0 Å². The van der Waals surface area contributed by atoms with E-state index in [-0.39, 0.29) is 12.5 Å². The fourth-order valence-corrected chi connectivity index (χ4v) is 4.66. The number of nitrogens with one attached hydrogen (secondary N) is 1. The van der Waals surface area contributed by atoms with Crippen LogP contribution in [0.25, 0.3) is 0 Å². The van der Waals surface area contributed by atoms with Crippen LogP contribution in [0.4, 0.5) is 11.4 Å². The molecule has 0 aliphatic carbocycles. The average molecular weight is 520 g/mol. The second-order valence-electron chi connectivity index (χ2n) is 9.59. The van der Waals surface area contributed by atoms with Crippen LogP contribution in [0.15, 0.2) is 66.9 Å². The minimum absolute atomic E-state index is 0.0763. The van der Waals surface area contributed by atoms with Crippen LogP contribution in [0.2, 0.25) is 0 Å². The van der Waals surface area contributed by atoms with E-state index < -0.39 is 29.4 Å². The van der Waals surface area contributed by atoms with Gasteiger partial charge >= 0.3 is 0 Å². The third kappa shape index (κ3) is 5.24. The molecule has 1 aliphatic heterocycles. The number of allylic oxidation sites excluding steroid dienone is 1. The second-order valence-corrected chi connectivity index (χ2v) is 9.59. The van der Waals surface area contributed by atoms with E-state index in [9.17, 15) is 24.9 Å². The van der Waals surface area contributed by atoms with Gasteiger partial charge in [-0.05, 0) is 37.1 Å². The molecule has 0 saturated heterocycles. The molecule has 1 aromatic heterocycles. The van der Waals surface area contributed by atoms with Crippen LogP contribution in [0, 0.1) is 5.92 Å². The molecule has 4 N–H and O–H groups in total. The Morgan fingerprint density at radius 1 is 1.18 bits per heavy atom. The van der Waals surface area contributed by atoms with E-state index in [1.54, 1.807) is 42.9 Å². The molecule has 4 atom stereocenters. The summed E-state index contributed by atoms with van der Waals surface area (Å²) >= 11 is 0. The predicted octanol–water partition coefficient (Wildman–Crippen LogP) is 2.17. The second kappa shape index (κ2) is 11.3. The molecule has 0 bridgehead atoms. The van der Waals surface area contributed by atoms with Gasteiger partial charge in [0.05, 0.1) is 23.9 Å². The van der Waals surface area contributed by atoms with E-state index in [0.29, 0.717) is 35.6 Å². The first kappa shape index (κ1) is 27.2. The molecule has 38 heavy (non-hydrogen) atoms. The topological polar surface area (TPSA) is 141 Å². The quantitative estimate of drug-likeness (QED) is 0.301. The number of benzene rings is 2. The Hall–Kier alpha value is -3.86. The van der Waals surface area contributed by atoms with E-state index in [0.717, 1.165) is 5.56 Å². The first-order valence-electron chi connectivity index (χ1n) is 12.5. The third-order valence-electron chi connectivity index (χ3n) is 6.95. The maximum Gasteiger partial charge on any atom is 0.264 e. The van der Waals surface area contributed by atoms with Crippen molar-refractivity contribution in [2.75, 3.05) is 23.9 Å². The smallest absolute Gasteiger partial charge is 0.264 e. The van der Waals surface area contributed by atoms with Gasteiger partial charge in [0.1, 0.15) is 6.10 Å². The number of aliphatic hydroxyl groups is 3. The van der Waals surface area contributed by atoms with Crippen LogP contribution >= 0.6 is 0 Å². The molecule has 4 rings (SSSR count). The van der Waals surface area contributed by atoms with Crippen LogP contribution in [0.1, 0.15) is 43.0 Å². The van der Waals surface area contributed by atoms with Gasteiger partial charge in [0.2, 0.25) is 0 Å². The number of hydrogen-bond donors (Lipinski definition) is 4. The van der Waals surface area contributed by atoms with E-state index >= 15 is 0 Å². The molecule has 0 saturated carbocycles. The van der Waals surface area contributed by atoms with Crippen LogP contribution in [0.5, 0.6) is 0 Å². The minimum atomic E-state index is -1.81. The van der Waals surface area contributed by atoms with Crippen molar-refractivity contribution >= 4 is 23.2 Å². The molecular formula is C28H33N5O5. The molecule has 2 amide bonds. The van der Waals surface area contributed by atoms with Gasteiger partial charge in [0.15, 0.2) is 5.60 Å². The minimum Gasteiger partial charge on any atom is -0.395 e. The molecule has 0 fully saturated rings. The zero-order valence-corrected chi connectivity index (χ0v) is 21.7. The summed E-state index contributed by atoms with van der Waals surface area (Å²) in [5.74, 6) is -1.86. The zero-order chi connectivity index (χ0) is 27.4. The van der Waals surface area contributed by atoms with Crippen molar-refractivity contribution in [3.05, 3.63) is 83.7 Å². The summed E-state index contributed by atoms with van der Waals surface area (Å²) in [6, 6.07) is 14.5. The SMILES string of the molecule is C[C@H](O)C(=O)Nc1ccc2c(c1)[C@@](O)([C@H](C)/C=C/CCn1cc(C(CO)c3ccccc3)nn1)C(=O)N2C. The Balaban J connectivity index is 1.44. The predicted molar refractivity (Wildman–Crippen MR) is 142 cm³/mol. The Bertz CT molecular complexity index is 1320. The molecule has 1 aliphatic rings. The number of nitrogens with zero attached hydrogens (tertiary/aromatic N) is 4. The summed E-state index contributed by atoms with van der Waals surface area (Å²) in [4.78, 5) is 26.4. The Kier molecular flexibility index (Phi) is 8.05. The van der Waals surface area contributed by atoms with Crippen molar-refractivity contribution in [1.29, 1.82) is 0 Å². The molecule has 3 aromatic rings. The van der Waals surface area contributed by atoms with Crippen molar-refractivity contribution in [2.24, 2.45) is 5.92 Å². The van der Waals surface area contributed by atoms with Gasteiger partial charge in [-0.3, -0.25) is 14.3 Å². The number of anilines is 2. The highest BCUT2D eigenvalue weighted by Gasteiger charge is 2.51. The van der Waals surface area contributed by atoms with E-state index in [2.05, 4.69) is 15.6 Å². The van der Waals surface area contributed by atoms with Crippen molar-refractivity contribution in [2.45, 2.75) is 44.4 Å². The number of aryl methyl sites for hydroxylation is 1. The summed E-state index contributed by atoms with van der Waals surface area (Å²) in [5, 5.41) is 41.9. The number of carbonyl (C=O) groups excluding carboxylic acids is 2. The largest absolute Gasteiger partial charge is 0.395 e. The van der Waals surface area contributed by atoms with Gasteiger partial charge in [-0.1, -0.05) is 54.6 Å². The lowest BCUT2D eigenvalue weighted by molar-refractivity contribution is -0.139. The average Bonchev–Trinajstić information content (AvgIpc) is 3.45. The Labute approximate surface area is 221 Å². The number of fused-ring (bicyclic) bond motifs is 1. The summed E-state index contributed by atoms with van der Waals surface area (Å²) < 4.78 is 1.70. The highest BCUT2D eigenvalue weighted by atomic mass is 16.3. The molecule has 10 nitrogen and oxygen atoms in total. The van der Waals surface area contributed by atoms with Gasteiger partial charge in [0.25, 0.3) is 11.8 Å². The maximum absolute atomic E-state index is 13.1. The van der Waals surface area contributed by atoms with Crippen molar-refractivity contribution in [3.63, 3.8) is 0 Å². The van der Waals surface area contributed by atoms with Crippen molar-refractivity contribution < 1.29 is 24.9 Å². The number of hydrogen-bond acceptors (Lipinski definition) is 7. The third-order valence-corrected chi connectivity index (χ3v) is 6.95. The number of likely N-dealkylation sites (N-methyl/N-ethyl adjacent to an activating group) is 1. The van der Waals surface area contributed by atoms with Gasteiger partial charge in [-0.25, -0.2) is 0 Å². The highest BCUT2D eigenvalue weighted by molar-refractivity contribution is 6.07. The van der Waals surface area contributed by atoms with E-state index in [4.69, 9.17) is 0 Å². The Morgan fingerprint density at radius 3 is 2.61 bits per heavy atom. The zero-order valence-electron chi connectivity index (χ0n) is 21.7. The highest BCUT2D eigenvalue weighted by Crippen LogP contribution is 2.45. The van der Waals surface area contributed by atoms with Gasteiger partial charge in [0, 0.05) is 37.0 Å². The van der Waals surface area contributed by atoms with Gasteiger partial charge in [-0.15, -0.1) is 5.10 Å². The van der Waals surface area contributed by atoms with E-state index in [1.165, 1.54) is 11.8 Å². The number of aromatic nitrogens is 3. The summed E-state index contributed by atoms with van der Waals surface area (Å²) in [6.45, 7) is 3.57. The lowest BCUT2D eigenvalue weighted by Crippen LogP contribution is -2.43. The number of carbonyl (C=O) groups is 2. The normalized spacial score (nSPS) is 19.4. The lowest BCUT2D eigenvalue weighted by atomic mass is 9.82. The van der Waals surface area contributed by atoms with Crippen molar-refractivity contribution in [1.82, 2.24) is 15.0 Å². The van der Waals surface area contributed by atoms with Crippen LogP contribution in [-0.4, -0.2) is 61.9 Å². The van der Waals surface area contributed by atoms with Crippen LogP contribution < -0.4 is 10.2 Å². The van der Waals surface area contributed by atoms with Gasteiger partial charge < -0.3 is 25.5 Å². The van der Waals surface area contributed by atoms with E-state index in [1.807, 2.05) is 42.6 Å². The number of amides is 2. The standard InChI is InChI=1S/C28H33N5O5/c1-18(9-7-8-14-33-16-24(30-31-33)22(17-34)20-10-5-4-6-11-20)28(38)23-15-21(29-26(36)19(2)35)12-13-25(23)32(3)27(28)37/h4-7,9-13,15-16,18-19,22,34-35,38H,8,14,17H2,1-3H3,(H,29,36)/b9-7+/t18-,19+,22?,28+/m1/s1. The van der Waals surface area contributed by atoms with Crippen LogP contribution in [-0.2, 0) is 21.7 Å². The first-order chi connectivity index (χ1) is 18.2. The molecule has 200 valence electrons. The molecule has 2 heterocycles. The van der Waals surface area contributed by atoms with Gasteiger partial charge in [-0.2, -0.15) is 0 Å². The van der Waals surface area contributed by atoms with Crippen LogP contribution in [0.3, 0.4) is 0 Å².